The number of likely N-dealkylation sites (tertiary alicyclic amines) is 1. The van der Waals surface area contributed by atoms with Crippen molar-refractivity contribution in [2.24, 2.45) is 18.2 Å². The number of aromatic nitrogens is 2. The standard InChI is InChI=1S/C14H24N4O/c1-10(2)12-11(7-17(4)16-12)13(19)18-6-5-14(3,8-15)9-18/h7,10H,5-6,8-9,15H2,1-4H3. The highest BCUT2D eigenvalue weighted by atomic mass is 16.2. The average molecular weight is 264 g/mol. The number of carbonyl (C=O) groups excluding carboxylic acids is 1. The number of aryl methyl sites for hydroxylation is 1. The molecule has 5 nitrogen and oxygen atoms in total. The van der Waals surface area contributed by atoms with Crippen LogP contribution in [0.4, 0.5) is 0 Å². The maximum atomic E-state index is 12.6. The summed E-state index contributed by atoms with van der Waals surface area (Å²) in [7, 11) is 1.86. The van der Waals surface area contributed by atoms with E-state index in [4.69, 9.17) is 5.73 Å². The van der Waals surface area contributed by atoms with Crippen LogP contribution < -0.4 is 5.73 Å². The van der Waals surface area contributed by atoms with Crippen molar-refractivity contribution in [2.45, 2.75) is 33.1 Å². The smallest absolute Gasteiger partial charge is 0.257 e. The Morgan fingerprint density at radius 2 is 2.26 bits per heavy atom. The fourth-order valence-corrected chi connectivity index (χ4v) is 2.63. The molecule has 1 saturated heterocycles. The Balaban J connectivity index is 2.22. The molecular weight excluding hydrogens is 240 g/mol. The molecule has 1 aromatic heterocycles. The van der Waals surface area contributed by atoms with E-state index >= 15 is 0 Å². The summed E-state index contributed by atoms with van der Waals surface area (Å²) in [5.74, 6) is 0.345. The Hall–Kier alpha value is -1.36. The number of amides is 1. The molecule has 5 heteroatoms. The van der Waals surface area contributed by atoms with E-state index in [1.54, 1.807) is 4.68 Å². The zero-order chi connectivity index (χ0) is 14.2. The minimum Gasteiger partial charge on any atom is -0.338 e. The van der Waals surface area contributed by atoms with Crippen LogP contribution in [0.2, 0.25) is 0 Å². The minimum atomic E-state index is 0.0653. The summed E-state index contributed by atoms with van der Waals surface area (Å²) in [5.41, 5.74) is 7.48. The zero-order valence-corrected chi connectivity index (χ0v) is 12.3. The van der Waals surface area contributed by atoms with Gasteiger partial charge in [-0.3, -0.25) is 9.48 Å². The first kappa shape index (κ1) is 14.1. The molecule has 0 bridgehead atoms. The first-order valence-electron chi connectivity index (χ1n) is 6.89. The van der Waals surface area contributed by atoms with Crippen molar-refractivity contribution >= 4 is 5.91 Å². The third-order valence-corrected chi connectivity index (χ3v) is 3.97. The number of nitrogens with two attached hydrogens (primary N) is 1. The summed E-state index contributed by atoms with van der Waals surface area (Å²) in [4.78, 5) is 14.5. The Morgan fingerprint density at radius 1 is 1.58 bits per heavy atom. The van der Waals surface area contributed by atoms with Crippen LogP contribution in [0, 0.1) is 5.41 Å². The van der Waals surface area contributed by atoms with Crippen molar-refractivity contribution < 1.29 is 4.79 Å². The molecule has 1 atom stereocenters. The van der Waals surface area contributed by atoms with Crippen LogP contribution in [-0.2, 0) is 7.05 Å². The molecule has 1 aliphatic heterocycles. The van der Waals surface area contributed by atoms with Crippen LogP contribution in [0.3, 0.4) is 0 Å². The third kappa shape index (κ3) is 2.66. The Labute approximate surface area is 114 Å². The van der Waals surface area contributed by atoms with E-state index < -0.39 is 0 Å². The topological polar surface area (TPSA) is 64.2 Å². The largest absolute Gasteiger partial charge is 0.338 e. The second-order valence-corrected chi connectivity index (χ2v) is 6.25. The maximum Gasteiger partial charge on any atom is 0.257 e. The van der Waals surface area contributed by atoms with Crippen molar-refractivity contribution in [2.75, 3.05) is 19.6 Å². The number of carbonyl (C=O) groups is 1. The summed E-state index contributed by atoms with van der Waals surface area (Å²) in [6, 6.07) is 0. The third-order valence-electron chi connectivity index (χ3n) is 3.97. The Bertz CT molecular complexity index is 480. The van der Waals surface area contributed by atoms with Gasteiger partial charge in [0.25, 0.3) is 5.91 Å². The number of hydrogen-bond donors (Lipinski definition) is 1. The number of hydrogen-bond acceptors (Lipinski definition) is 3. The van der Waals surface area contributed by atoms with Gasteiger partial charge < -0.3 is 10.6 Å². The molecule has 0 saturated carbocycles. The Morgan fingerprint density at radius 3 is 2.79 bits per heavy atom. The van der Waals surface area contributed by atoms with Gasteiger partial charge in [0, 0.05) is 26.3 Å². The molecule has 106 valence electrons. The van der Waals surface area contributed by atoms with Crippen molar-refractivity contribution in [3.63, 3.8) is 0 Å². The van der Waals surface area contributed by atoms with E-state index in [0.29, 0.717) is 6.54 Å². The van der Waals surface area contributed by atoms with Gasteiger partial charge in [-0.1, -0.05) is 20.8 Å². The van der Waals surface area contributed by atoms with Crippen LogP contribution in [0.5, 0.6) is 0 Å². The minimum absolute atomic E-state index is 0.0653. The van der Waals surface area contributed by atoms with Gasteiger partial charge in [0.05, 0.1) is 11.3 Å². The maximum absolute atomic E-state index is 12.6. The van der Waals surface area contributed by atoms with E-state index in [9.17, 15) is 4.79 Å². The summed E-state index contributed by atoms with van der Waals surface area (Å²) < 4.78 is 1.72. The van der Waals surface area contributed by atoms with Crippen LogP contribution in [0.1, 0.15) is 49.2 Å². The summed E-state index contributed by atoms with van der Waals surface area (Å²) >= 11 is 0. The molecule has 1 aliphatic rings. The van der Waals surface area contributed by atoms with Crippen molar-refractivity contribution in [1.82, 2.24) is 14.7 Å². The molecule has 2 N–H and O–H groups in total. The second kappa shape index (κ2) is 4.96. The molecule has 1 fully saturated rings. The first-order chi connectivity index (χ1) is 8.86. The molecule has 0 aliphatic carbocycles. The fraction of sp³-hybridized carbons (Fsp3) is 0.714. The lowest BCUT2D eigenvalue weighted by Gasteiger charge is -2.22. The van der Waals surface area contributed by atoms with Crippen molar-refractivity contribution in [3.8, 4) is 0 Å². The van der Waals surface area contributed by atoms with E-state index in [1.165, 1.54) is 0 Å². The molecule has 2 heterocycles. The van der Waals surface area contributed by atoms with Crippen LogP contribution in [-0.4, -0.2) is 40.2 Å². The molecule has 2 rings (SSSR count). The lowest BCUT2D eigenvalue weighted by molar-refractivity contribution is 0.0775. The lowest BCUT2D eigenvalue weighted by Crippen LogP contribution is -2.34. The summed E-state index contributed by atoms with van der Waals surface area (Å²) in [5, 5.41) is 4.40. The molecule has 1 amide bonds. The predicted molar refractivity (Wildman–Crippen MR) is 75.0 cm³/mol. The van der Waals surface area contributed by atoms with E-state index in [-0.39, 0.29) is 17.2 Å². The highest BCUT2D eigenvalue weighted by Gasteiger charge is 2.36. The highest BCUT2D eigenvalue weighted by Crippen LogP contribution is 2.30. The van der Waals surface area contributed by atoms with Gasteiger partial charge in [0.2, 0.25) is 0 Å². The van der Waals surface area contributed by atoms with E-state index in [2.05, 4.69) is 25.9 Å². The molecule has 1 aromatic rings. The zero-order valence-electron chi connectivity index (χ0n) is 12.3. The quantitative estimate of drug-likeness (QED) is 0.896. The molecule has 0 spiro atoms. The van der Waals surface area contributed by atoms with Gasteiger partial charge in [0.1, 0.15) is 0 Å². The monoisotopic (exact) mass is 264 g/mol. The van der Waals surface area contributed by atoms with E-state index in [0.717, 1.165) is 30.8 Å². The normalized spacial score (nSPS) is 23.4. The van der Waals surface area contributed by atoms with Gasteiger partial charge >= 0.3 is 0 Å². The molecule has 0 aromatic carbocycles. The van der Waals surface area contributed by atoms with Crippen molar-refractivity contribution in [1.29, 1.82) is 0 Å². The van der Waals surface area contributed by atoms with Gasteiger partial charge in [-0.2, -0.15) is 5.10 Å². The first-order valence-corrected chi connectivity index (χ1v) is 6.89. The van der Waals surface area contributed by atoms with Gasteiger partial charge in [-0.25, -0.2) is 0 Å². The Kier molecular flexibility index (Phi) is 3.67. The van der Waals surface area contributed by atoms with Crippen molar-refractivity contribution in [3.05, 3.63) is 17.5 Å². The van der Waals surface area contributed by atoms with E-state index in [1.807, 2.05) is 18.1 Å². The van der Waals surface area contributed by atoms with Crippen LogP contribution in [0.25, 0.3) is 0 Å². The molecule has 0 radical (unpaired) electrons. The average Bonchev–Trinajstić information content (AvgIpc) is 2.93. The summed E-state index contributed by atoms with van der Waals surface area (Å²) in [6.45, 7) is 8.43. The van der Waals surface area contributed by atoms with Gasteiger partial charge in [0.15, 0.2) is 0 Å². The van der Waals surface area contributed by atoms with Gasteiger partial charge in [-0.15, -0.1) is 0 Å². The highest BCUT2D eigenvalue weighted by molar-refractivity contribution is 5.95. The number of nitrogens with zero attached hydrogens (tertiary/aromatic N) is 3. The summed E-state index contributed by atoms with van der Waals surface area (Å²) in [6.07, 6.45) is 2.81. The van der Waals surface area contributed by atoms with Gasteiger partial charge in [-0.05, 0) is 24.3 Å². The molecule has 19 heavy (non-hydrogen) atoms. The number of rotatable bonds is 3. The SMILES string of the molecule is CC(C)c1nn(C)cc1C(=O)N1CCC(C)(CN)C1. The van der Waals surface area contributed by atoms with Crippen LogP contribution in [0.15, 0.2) is 6.20 Å². The predicted octanol–water partition coefficient (Wildman–Crippen LogP) is 1.35. The molecule has 1 unspecified atom stereocenters. The fourth-order valence-electron chi connectivity index (χ4n) is 2.63. The lowest BCUT2D eigenvalue weighted by atomic mass is 9.90. The van der Waals surface area contributed by atoms with Crippen LogP contribution >= 0.6 is 0 Å². The second-order valence-electron chi connectivity index (χ2n) is 6.25. The molecular formula is C14H24N4O.